The molecule has 1 fully saturated rings. The number of halogens is 2. The molecular formula is C27H26Cl2N4O4. The first-order valence-electron chi connectivity index (χ1n) is 11.6. The summed E-state index contributed by atoms with van der Waals surface area (Å²) in [6.45, 7) is 0.914. The number of carbonyl (C=O) groups excluding carboxylic acids is 3. The Balaban J connectivity index is 1.62. The van der Waals surface area contributed by atoms with E-state index in [0.717, 1.165) is 11.1 Å². The largest absolute Gasteiger partial charge is 0.497 e. The Morgan fingerprint density at radius 2 is 1.54 bits per heavy atom. The molecule has 3 N–H and O–H groups in total. The molecule has 0 aliphatic carbocycles. The second-order valence-corrected chi connectivity index (χ2v) is 9.29. The zero-order valence-corrected chi connectivity index (χ0v) is 21.6. The Labute approximate surface area is 224 Å². The van der Waals surface area contributed by atoms with Crippen LogP contribution in [0.5, 0.6) is 5.75 Å². The van der Waals surface area contributed by atoms with Crippen LogP contribution in [0.25, 0.3) is 0 Å². The van der Waals surface area contributed by atoms with Crippen molar-refractivity contribution in [3.63, 3.8) is 0 Å². The fraction of sp³-hybridized carbons (Fsp3) is 0.222. The van der Waals surface area contributed by atoms with E-state index < -0.39 is 23.9 Å². The van der Waals surface area contributed by atoms with Gasteiger partial charge in [0.25, 0.3) is 17.7 Å². The number of nitrogens with one attached hydrogen (secondary N) is 1. The maximum Gasteiger partial charge on any atom is 0.264 e. The Morgan fingerprint density at radius 1 is 0.892 bits per heavy atom. The van der Waals surface area contributed by atoms with E-state index in [-0.39, 0.29) is 30.2 Å². The number of amides is 3. The van der Waals surface area contributed by atoms with Gasteiger partial charge in [-0.15, -0.1) is 0 Å². The van der Waals surface area contributed by atoms with E-state index in [0.29, 0.717) is 22.9 Å². The first kappa shape index (κ1) is 26.5. The van der Waals surface area contributed by atoms with Gasteiger partial charge in [-0.1, -0.05) is 53.5 Å². The van der Waals surface area contributed by atoms with Crippen LogP contribution in [0.15, 0.2) is 66.7 Å². The smallest absolute Gasteiger partial charge is 0.264 e. The summed E-state index contributed by atoms with van der Waals surface area (Å²) in [6.07, 6.45) is -1.17. The summed E-state index contributed by atoms with van der Waals surface area (Å²) in [6, 6.07) is 18.7. The minimum Gasteiger partial charge on any atom is -0.497 e. The van der Waals surface area contributed by atoms with E-state index in [1.54, 1.807) is 24.3 Å². The lowest BCUT2D eigenvalue weighted by Crippen LogP contribution is -2.53. The molecule has 192 valence electrons. The third-order valence-corrected chi connectivity index (χ3v) is 6.84. The fourth-order valence-electron chi connectivity index (χ4n) is 4.20. The molecule has 0 radical (unpaired) electrons. The zero-order chi connectivity index (χ0) is 26.5. The lowest BCUT2D eigenvalue weighted by Gasteiger charge is -2.29. The molecule has 3 aromatic rings. The van der Waals surface area contributed by atoms with Crippen molar-refractivity contribution in [1.29, 1.82) is 0 Å². The molecule has 10 heteroatoms. The molecule has 1 aliphatic heterocycles. The first-order valence-corrected chi connectivity index (χ1v) is 12.3. The van der Waals surface area contributed by atoms with Gasteiger partial charge in [0.1, 0.15) is 5.75 Å². The highest BCUT2D eigenvalue weighted by atomic mass is 35.5. The molecule has 0 bridgehead atoms. The van der Waals surface area contributed by atoms with E-state index in [9.17, 15) is 14.4 Å². The monoisotopic (exact) mass is 540 g/mol. The van der Waals surface area contributed by atoms with Crippen LogP contribution in [-0.2, 0) is 17.9 Å². The van der Waals surface area contributed by atoms with E-state index in [1.807, 2.05) is 24.3 Å². The molecule has 1 unspecified atom stereocenters. The standard InChI is InChI=1S/C27H26Cl2N4O4/c1-37-21-7-3-6-19(13-21)26(35)32-10-11-33(27(36)20-8-9-22(28)23(29)14-20)25(32)24(34)31-16-18-5-2-4-17(12-18)15-30/h2-9,12-14,25H,10-11,15-16,30H2,1H3,(H,31,34). The van der Waals surface area contributed by atoms with Gasteiger partial charge in [0.05, 0.1) is 17.2 Å². The highest BCUT2D eigenvalue weighted by Gasteiger charge is 2.43. The second-order valence-electron chi connectivity index (χ2n) is 8.47. The van der Waals surface area contributed by atoms with E-state index in [4.69, 9.17) is 33.7 Å². The summed E-state index contributed by atoms with van der Waals surface area (Å²) in [7, 11) is 1.51. The van der Waals surface area contributed by atoms with Crippen LogP contribution in [0.2, 0.25) is 10.0 Å². The molecule has 1 aliphatic rings. The number of hydrogen-bond acceptors (Lipinski definition) is 5. The summed E-state index contributed by atoms with van der Waals surface area (Å²) < 4.78 is 5.24. The van der Waals surface area contributed by atoms with Gasteiger partial charge in [0.15, 0.2) is 6.17 Å². The molecule has 3 aromatic carbocycles. The average Bonchev–Trinajstić information content (AvgIpc) is 3.37. The summed E-state index contributed by atoms with van der Waals surface area (Å²) >= 11 is 12.1. The van der Waals surface area contributed by atoms with Crippen LogP contribution in [0.3, 0.4) is 0 Å². The van der Waals surface area contributed by atoms with Crippen molar-refractivity contribution in [2.45, 2.75) is 19.3 Å². The lowest BCUT2D eigenvalue weighted by molar-refractivity contribution is -0.128. The molecule has 0 saturated carbocycles. The number of hydrogen-bond donors (Lipinski definition) is 2. The molecule has 37 heavy (non-hydrogen) atoms. The fourth-order valence-corrected chi connectivity index (χ4v) is 4.50. The predicted octanol–water partition coefficient (Wildman–Crippen LogP) is 3.70. The van der Waals surface area contributed by atoms with Gasteiger partial charge in [0.2, 0.25) is 0 Å². The van der Waals surface area contributed by atoms with Crippen LogP contribution in [0, 0.1) is 0 Å². The van der Waals surface area contributed by atoms with Crippen LogP contribution in [0.1, 0.15) is 31.8 Å². The second kappa shape index (κ2) is 11.6. The topological polar surface area (TPSA) is 105 Å². The van der Waals surface area contributed by atoms with Gasteiger partial charge in [-0.3, -0.25) is 14.4 Å². The van der Waals surface area contributed by atoms with Crippen molar-refractivity contribution in [2.75, 3.05) is 20.2 Å². The third kappa shape index (κ3) is 5.88. The van der Waals surface area contributed by atoms with Gasteiger partial charge in [-0.25, -0.2) is 0 Å². The van der Waals surface area contributed by atoms with Crippen molar-refractivity contribution >= 4 is 40.9 Å². The van der Waals surface area contributed by atoms with Crippen molar-refractivity contribution < 1.29 is 19.1 Å². The molecule has 3 amide bonds. The molecule has 0 spiro atoms. The van der Waals surface area contributed by atoms with Gasteiger partial charge in [0, 0.05) is 37.3 Å². The quantitative estimate of drug-likeness (QED) is 0.475. The number of methoxy groups -OCH3 is 1. The van der Waals surface area contributed by atoms with Crippen LogP contribution in [0.4, 0.5) is 0 Å². The Hall–Kier alpha value is -3.59. The van der Waals surface area contributed by atoms with Gasteiger partial charge in [-0.2, -0.15) is 0 Å². The molecule has 1 atom stereocenters. The normalized spacial score (nSPS) is 15.0. The van der Waals surface area contributed by atoms with Crippen molar-refractivity contribution in [3.05, 3.63) is 99.0 Å². The first-order chi connectivity index (χ1) is 17.8. The Kier molecular flexibility index (Phi) is 8.33. The molecular weight excluding hydrogens is 515 g/mol. The van der Waals surface area contributed by atoms with Crippen molar-refractivity contribution in [1.82, 2.24) is 15.1 Å². The Bertz CT molecular complexity index is 1330. The highest BCUT2D eigenvalue weighted by Crippen LogP contribution is 2.26. The van der Waals surface area contributed by atoms with Gasteiger partial charge in [-0.05, 0) is 47.5 Å². The highest BCUT2D eigenvalue weighted by molar-refractivity contribution is 6.42. The summed E-state index contributed by atoms with van der Waals surface area (Å²) in [5.74, 6) is -0.812. The number of nitrogens with two attached hydrogens (primary N) is 1. The molecule has 0 aromatic heterocycles. The maximum absolute atomic E-state index is 13.5. The summed E-state index contributed by atoms with van der Waals surface area (Å²) in [5.41, 5.74) is 8.11. The number of benzene rings is 3. The number of carbonyl (C=O) groups is 3. The maximum atomic E-state index is 13.5. The van der Waals surface area contributed by atoms with Crippen LogP contribution in [-0.4, -0.2) is 53.9 Å². The van der Waals surface area contributed by atoms with E-state index in [1.165, 1.54) is 35.1 Å². The predicted molar refractivity (Wildman–Crippen MR) is 141 cm³/mol. The summed E-state index contributed by atoms with van der Waals surface area (Å²) in [4.78, 5) is 43.2. The number of rotatable bonds is 7. The number of nitrogens with zero attached hydrogens (tertiary/aromatic N) is 2. The Morgan fingerprint density at radius 3 is 2.19 bits per heavy atom. The van der Waals surface area contributed by atoms with Crippen LogP contribution < -0.4 is 15.8 Å². The van der Waals surface area contributed by atoms with Gasteiger partial charge < -0.3 is 25.6 Å². The average molecular weight is 541 g/mol. The van der Waals surface area contributed by atoms with E-state index >= 15 is 0 Å². The lowest BCUT2D eigenvalue weighted by atomic mass is 10.1. The van der Waals surface area contributed by atoms with E-state index in [2.05, 4.69) is 5.32 Å². The minimum absolute atomic E-state index is 0.162. The SMILES string of the molecule is COc1cccc(C(=O)N2CCN(C(=O)c3ccc(Cl)c(Cl)c3)C2C(=O)NCc2cccc(CN)c2)c1. The number of ether oxygens (including phenoxy) is 1. The minimum atomic E-state index is -1.17. The van der Waals surface area contributed by atoms with Crippen molar-refractivity contribution in [3.8, 4) is 5.75 Å². The molecule has 4 rings (SSSR count). The zero-order valence-electron chi connectivity index (χ0n) is 20.1. The summed E-state index contributed by atoms with van der Waals surface area (Å²) in [5, 5.41) is 3.40. The molecule has 8 nitrogen and oxygen atoms in total. The molecule has 1 heterocycles. The van der Waals surface area contributed by atoms with Crippen molar-refractivity contribution in [2.24, 2.45) is 5.73 Å². The van der Waals surface area contributed by atoms with Crippen LogP contribution >= 0.6 is 23.2 Å². The third-order valence-electron chi connectivity index (χ3n) is 6.11. The molecule has 1 saturated heterocycles. The van der Waals surface area contributed by atoms with Gasteiger partial charge >= 0.3 is 0 Å².